The molecule has 0 aliphatic rings. The van der Waals surface area contributed by atoms with Gasteiger partial charge in [0.1, 0.15) is 11.4 Å². The van der Waals surface area contributed by atoms with Gasteiger partial charge in [-0.05, 0) is 69.2 Å². The maximum absolute atomic E-state index is 12.2. The van der Waals surface area contributed by atoms with Crippen LogP contribution in [0.2, 0.25) is 18.1 Å². The fourth-order valence-corrected chi connectivity index (χ4v) is 3.17. The number of benzene rings is 1. The van der Waals surface area contributed by atoms with Gasteiger partial charge in [-0.25, -0.2) is 4.79 Å². The van der Waals surface area contributed by atoms with Crippen molar-refractivity contribution < 1.29 is 14.0 Å². The van der Waals surface area contributed by atoms with Crippen molar-refractivity contribution in [3.63, 3.8) is 0 Å². The molecule has 0 saturated carbocycles. The van der Waals surface area contributed by atoms with E-state index in [1.807, 2.05) is 24.3 Å². The largest absolute Gasteiger partial charge is 0.544 e. The highest BCUT2D eigenvalue weighted by molar-refractivity contribution is 6.74. The van der Waals surface area contributed by atoms with E-state index in [-0.39, 0.29) is 5.04 Å². The summed E-state index contributed by atoms with van der Waals surface area (Å²) in [6.07, 6.45) is -0.794. The summed E-state index contributed by atoms with van der Waals surface area (Å²) >= 11 is 0. The van der Waals surface area contributed by atoms with Crippen LogP contribution in [-0.2, 0) is 4.74 Å². The van der Waals surface area contributed by atoms with Crippen LogP contribution in [0.5, 0.6) is 5.75 Å². The van der Waals surface area contributed by atoms with Gasteiger partial charge in [-0.3, -0.25) is 4.79 Å². The molecule has 0 saturated heterocycles. The van der Waals surface area contributed by atoms with Crippen LogP contribution >= 0.6 is 0 Å². The number of aromatic nitrogens is 2. The fraction of sp³-hybridized carbons (Fsp3) is 0.476. The Hall–Kier alpha value is -2.41. The number of nitrogens with zero attached hydrogens (tertiary/aromatic N) is 2. The molecule has 0 amide bonds. The number of hydrogen-bond donors (Lipinski definition) is 0. The van der Waals surface area contributed by atoms with Crippen molar-refractivity contribution in [2.45, 2.75) is 65.3 Å². The third-order valence-electron chi connectivity index (χ3n) is 4.70. The van der Waals surface area contributed by atoms with Crippen LogP contribution in [-0.4, -0.2) is 29.8 Å². The molecule has 1 aromatic carbocycles. The van der Waals surface area contributed by atoms with E-state index in [9.17, 15) is 9.59 Å². The Labute approximate surface area is 167 Å². The first kappa shape index (κ1) is 21.9. The van der Waals surface area contributed by atoms with E-state index in [0.717, 1.165) is 16.0 Å². The van der Waals surface area contributed by atoms with Crippen LogP contribution in [0.4, 0.5) is 4.79 Å². The summed E-state index contributed by atoms with van der Waals surface area (Å²) in [6, 6.07) is 10.4. The quantitative estimate of drug-likeness (QED) is 0.670. The monoisotopic (exact) mass is 402 g/mol. The Balaban J connectivity index is 2.28. The van der Waals surface area contributed by atoms with Gasteiger partial charge in [0.05, 0.1) is 5.69 Å². The molecule has 152 valence electrons. The molecule has 2 aromatic rings. The molecule has 0 aliphatic carbocycles. The molecule has 0 fully saturated rings. The fourth-order valence-electron chi connectivity index (χ4n) is 2.14. The number of carbonyl (C=O) groups excluding carboxylic acids is 1. The van der Waals surface area contributed by atoms with Gasteiger partial charge in [0.25, 0.3) is 5.56 Å². The maximum atomic E-state index is 12.2. The number of ether oxygens (including phenoxy) is 1. The first-order chi connectivity index (χ1) is 12.7. The second-order valence-electron chi connectivity index (χ2n) is 9.34. The molecule has 0 N–H and O–H groups in total. The van der Waals surface area contributed by atoms with Crippen LogP contribution in [0.3, 0.4) is 0 Å². The lowest BCUT2D eigenvalue weighted by Crippen LogP contribution is -2.43. The van der Waals surface area contributed by atoms with Crippen LogP contribution in [0, 0.1) is 0 Å². The molecular weight excluding hydrogens is 372 g/mol. The molecule has 6 nitrogen and oxygen atoms in total. The lowest BCUT2D eigenvalue weighted by molar-refractivity contribution is 0.0506. The zero-order valence-corrected chi connectivity index (χ0v) is 19.0. The smallest absolute Gasteiger partial charge is 0.438 e. The second kappa shape index (κ2) is 7.54. The minimum Gasteiger partial charge on any atom is -0.544 e. The van der Waals surface area contributed by atoms with E-state index < -0.39 is 25.6 Å². The highest BCUT2D eigenvalue weighted by atomic mass is 28.4. The molecule has 2 rings (SSSR count). The zero-order valence-electron chi connectivity index (χ0n) is 18.0. The highest BCUT2D eigenvalue weighted by Gasteiger charge is 2.38. The standard InChI is InChI=1S/C21H30N2O4Si/c1-20(2,3)26-19(25)23-18(24)14-13-17(22-23)15-9-11-16(12-10-15)27-28(7,8)21(4,5)6/h9-14H,1-8H3. The molecular formula is C21H30N2O4Si. The molecule has 1 aromatic heterocycles. The van der Waals surface area contributed by atoms with Crippen LogP contribution in [0.15, 0.2) is 41.2 Å². The van der Waals surface area contributed by atoms with Crippen molar-refractivity contribution in [2.75, 3.05) is 0 Å². The molecule has 28 heavy (non-hydrogen) atoms. The van der Waals surface area contributed by atoms with Gasteiger partial charge >= 0.3 is 6.09 Å². The topological polar surface area (TPSA) is 70.4 Å². The lowest BCUT2D eigenvalue weighted by Gasteiger charge is -2.36. The molecule has 0 spiro atoms. The number of hydrogen-bond acceptors (Lipinski definition) is 5. The maximum Gasteiger partial charge on any atom is 0.438 e. The SMILES string of the molecule is CC(C)(C)OC(=O)n1nc(-c2ccc(O[Si](C)(C)C(C)(C)C)cc2)ccc1=O. The minimum atomic E-state index is -1.92. The van der Waals surface area contributed by atoms with E-state index in [4.69, 9.17) is 9.16 Å². The van der Waals surface area contributed by atoms with Crippen LogP contribution < -0.4 is 9.99 Å². The van der Waals surface area contributed by atoms with Gasteiger partial charge in [-0.2, -0.15) is 5.10 Å². The van der Waals surface area contributed by atoms with Gasteiger partial charge in [-0.1, -0.05) is 20.8 Å². The summed E-state index contributed by atoms with van der Waals surface area (Å²) in [5.74, 6) is 0.802. The van der Waals surface area contributed by atoms with Crippen molar-refractivity contribution in [3.8, 4) is 17.0 Å². The average molecular weight is 403 g/mol. The first-order valence-corrected chi connectivity index (χ1v) is 12.2. The summed E-state index contributed by atoms with van der Waals surface area (Å²) < 4.78 is 12.3. The summed E-state index contributed by atoms with van der Waals surface area (Å²) in [6.45, 7) is 16.2. The van der Waals surface area contributed by atoms with Crippen LogP contribution in [0.1, 0.15) is 41.5 Å². The summed E-state index contributed by atoms with van der Waals surface area (Å²) in [4.78, 5) is 24.3. The van der Waals surface area contributed by atoms with Crippen LogP contribution in [0.25, 0.3) is 11.3 Å². The number of carbonyl (C=O) groups is 1. The van der Waals surface area contributed by atoms with Gasteiger partial charge in [0.15, 0.2) is 0 Å². The van der Waals surface area contributed by atoms with Gasteiger partial charge in [0.2, 0.25) is 8.32 Å². The Morgan fingerprint density at radius 2 is 1.54 bits per heavy atom. The second-order valence-corrected chi connectivity index (χ2v) is 14.1. The van der Waals surface area contributed by atoms with E-state index in [0.29, 0.717) is 5.69 Å². The third kappa shape index (κ3) is 5.31. The predicted octanol–water partition coefficient (Wildman–Crippen LogP) is 5.08. The average Bonchev–Trinajstić information content (AvgIpc) is 2.53. The molecule has 7 heteroatoms. The lowest BCUT2D eigenvalue weighted by atomic mass is 10.1. The predicted molar refractivity (Wildman–Crippen MR) is 113 cm³/mol. The van der Waals surface area contributed by atoms with Crippen molar-refractivity contribution in [3.05, 3.63) is 46.8 Å². The zero-order chi connectivity index (χ0) is 21.3. The summed E-state index contributed by atoms with van der Waals surface area (Å²) in [5, 5.41) is 4.27. The molecule has 0 aliphatic heterocycles. The van der Waals surface area contributed by atoms with Crippen molar-refractivity contribution in [1.82, 2.24) is 9.78 Å². The first-order valence-electron chi connectivity index (χ1n) is 9.33. The van der Waals surface area contributed by atoms with Gasteiger partial charge < -0.3 is 9.16 Å². The third-order valence-corrected chi connectivity index (χ3v) is 9.05. The molecule has 0 bridgehead atoms. The van der Waals surface area contributed by atoms with Gasteiger partial charge in [-0.15, -0.1) is 4.68 Å². The van der Waals surface area contributed by atoms with Crippen molar-refractivity contribution >= 4 is 14.4 Å². The van der Waals surface area contributed by atoms with Crippen molar-refractivity contribution in [1.29, 1.82) is 0 Å². The molecule has 0 radical (unpaired) electrons. The Morgan fingerprint density at radius 1 is 0.964 bits per heavy atom. The molecule has 0 unspecified atom stereocenters. The van der Waals surface area contributed by atoms with E-state index in [1.165, 1.54) is 6.07 Å². The van der Waals surface area contributed by atoms with Gasteiger partial charge in [0, 0.05) is 11.6 Å². The highest BCUT2D eigenvalue weighted by Crippen LogP contribution is 2.37. The minimum absolute atomic E-state index is 0.107. The molecule has 1 heterocycles. The molecule has 0 atom stereocenters. The normalized spacial score (nSPS) is 12.6. The summed E-state index contributed by atoms with van der Waals surface area (Å²) in [7, 11) is -1.92. The van der Waals surface area contributed by atoms with E-state index in [1.54, 1.807) is 26.8 Å². The Bertz CT molecular complexity index is 904. The van der Waals surface area contributed by atoms with E-state index >= 15 is 0 Å². The van der Waals surface area contributed by atoms with Crippen molar-refractivity contribution in [2.24, 2.45) is 0 Å². The summed E-state index contributed by atoms with van der Waals surface area (Å²) in [5.41, 5.74) is 0.0387. The number of rotatable bonds is 3. The Morgan fingerprint density at radius 3 is 2.04 bits per heavy atom. The Kier molecular flexibility index (Phi) is 5.89. The van der Waals surface area contributed by atoms with E-state index in [2.05, 4.69) is 39.0 Å².